The Balaban J connectivity index is 2.74. The molecule has 1 unspecified atom stereocenters. The number of rotatable bonds is 2. The van der Waals surface area contributed by atoms with Crippen LogP contribution >= 0.6 is 0 Å². The van der Waals surface area contributed by atoms with E-state index in [1.165, 1.54) is 5.57 Å². The molecule has 0 aromatic rings. The van der Waals surface area contributed by atoms with Crippen molar-refractivity contribution in [2.24, 2.45) is 0 Å². The second-order valence-corrected chi connectivity index (χ2v) is 3.57. The second kappa shape index (κ2) is 2.76. The van der Waals surface area contributed by atoms with Crippen molar-refractivity contribution in [2.75, 3.05) is 0 Å². The Morgan fingerprint density at radius 3 is 2.90 bits per heavy atom. The molecule has 57 valence electrons. The Kier molecular flexibility index (Phi) is 2.15. The predicted octanol–water partition coefficient (Wildman–Crippen LogP) is 2.78. The summed E-state index contributed by atoms with van der Waals surface area (Å²) in [5.74, 6) is 0. The Labute approximate surface area is 70.1 Å². The molecule has 10 heavy (non-hydrogen) atoms. The summed E-state index contributed by atoms with van der Waals surface area (Å²) in [4.78, 5) is 0. The summed E-state index contributed by atoms with van der Waals surface area (Å²) in [7, 11) is 0. The van der Waals surface area contributed by atoms with E-state index in [2.05, 4.69) is 24.8 Å². The fraction of sp³-hybridized carbons (Fsp3) is 0.333. The second-order valence-electron chi connectivity index (χ2n) is 2.54. The van der Waals surface area contributed by atoms with Crippen LogP contribution in [0.5, 0.6) is 0 Å². The predicted molar refractivity (Wildman–Crippen MR) is 40.4 cm³/mol. The minimum atomic E-state index is -0.191. The quantitative estimate of drug-likeness (QED) is 0.450. The van der Waals surface area contributed by atoms with Gasteiger partial charge in [-0.1, -0.05) is 0 Å². The van der Waals surface area contributed by atoms with Gasteiger partial charge in [0.1, 0.15) is 0 Å². The SMILES string of the molecule is C=C[C](C)([Ni])C1=CC=CC1. The van der Waals surface area contributed by atoms with Crippen molar-refractivity contribution >= 4 is 0 Å². The van der Waals surface area contributed by atoms with Crippen LogP contribution in [0, 0.1) is 0 Å². The van der Waals surface area contributed by atoms with Gasteiger partial charge in [-0.05, 0) is 0 Å². The van der Waals surface area contributed by atoms with Gasteiger partial charge in [-0.15, -0.1) is 0 Å². The van der Waals surface area contributed by atoms with Crippen LogP contribution in [-0.2, 0) is 15.5 Å². The van der Waals surface area contributed by atoms with Gasteiger partial charge in [-0.25, -0.2) is 0 Å². The molecule has 0 spiro atoms. The molecule has 0 saturated heterocycles. The van der Waals surface area contributed by atoms with Gasteiger partial charge in [0.15, 0.2) is 0 Å². The normalized spacial score (nSPS) is 22.1. The molecule has 0 radical (unpaired) electrons. The van der Waals surface area contributed by atoms with E-state index in [0.29, 0.717) is 0 Å². The summed E-state index contributed by atoms with van der Waals surface area (Å²) in [5.41, 5.74) is 1.29. The van der Waals surface area contributed by atoms with E-state index in [-0.39, 0.29) is 4.38 Å². The zero-order chi connectivity index (χ0) is 7.61. The third-order valence-corrected chi connectivity index (χ3v) is 2.27. The Morgan fingerprint density at radius 1 is 1.80 bits per heavy atom. The van der Waals surface area contributed by atoms with E-state index in [0.717, 1.165) is 6.42 Å². The van der Waals surface area contributed by atoms with Crippen LogP contribution in [0.3, 0.4) is 0 Å². The molecular weight excluding hydrogens is 167 g/mol. The van der Waals surface area contributed by atoms with E-state index in [4.69, 9.17) is 15.5 Å². The third kappa shape index (κ3) is 1.41. The number of allylic oxidation sites excluding steroid dienone is 5. The van der Waals surface area contributed by atoms with Crippen LogP contribution in [0.1, 0.15) is 13.3 Å². The molecule has 0 amide bonds. The van der Waals surface area contributed by atoms with Gasteiger partial charge in [0, 0.05) is 0 Å². The zero-order valence-corrected chi connectivity index (χ0v) is 7.03. The number of hydrogen-bond acceptors (Lipinski definition) is 0. The molecule has 0 aromatic heterocycles. The molecule has 1 heteroatoms. The summed E-state index contributed by atoms with van der Waals surface area (Å²) < 4.78 is -0.191. The molecule has 0 bridgehead atoms. The maximum absolute atomic E-state index is 4.97. The van der Waals surface area contributed by atoms with Gasteiger partial charge in [0.05, 0.1) is 0 Å². The van der Waals surface area contributed by atoms with E-state index >= 15 is 0 Å². The van der Waals surface area contributed by atoms with Crippen molar-refractivity contribution in [3.8, 4) is 0 Å². The van der Waals surface area contributed by atoms with E-state index in [1.807, 2.05) is 13.0 Å². The first-order valence-electron chi connectivity index (χ1n) is 3.32. The molecule has 0 N–H and O–H groups in total. The van der Waals surface area contributed by atoms with Crippen molar-refractivity contribution in [3.05, 3.63) is 36.5 Å². The molecule has 0 saturated carbocycles. The molecule has 1 aliphatic rings. The van der Waals surface area contributed by atoms with Crippen molar-refractivity contribution in [1.82, 2.24) is 0 Å². The maximum atomic E-state index is 4.97. The summed E-state index contributed by atoms with van der Waals surface area (Å²) in [5, 5.41) is 0. The first-order valence-corrected chi connectivity index (χ1v) is 3.82. The van der Waals surface area contributed by atoms with Crippen LogP contribution in [-0.4, -0.2) is 0 Å². The van der Waals surface area contributed by atoms with Crippen molar-refractivity contribution in [3.63, 3.8) is 0 Å². The molecule has 0 fully saturated rings. The fourth-order valence-electron chi connectivity index (χ4n) is 0.929. The zero-order valence-electron chi connectivity index (χ0n) is 6.04. The minimum absolute atomic E-state index is 0.191. The average Bonchev–Trinajstić information content (AvgIpc) is 2.38. The van der Waals surface area contributed by atoms with Gasteiger partial charge in [0.25, 0.3) is 0 Å². The summed E-state index contributed by atoms with van der Waals surface area (Å²) in [6, 6.07) is 0. The molecule has 0 nitrogen and oxygen atoms in total. The Hall–Kier alpha value is -0.286. The first kappa shape index (κ1) is 7.82. The Morgan fingerprint density at radius 2 is 2.50 bits per heavy atom. The van der Waals surface area contributed by atoms with E-state index < -0.39 is 0 Å². The fourth-order valence-corrected chi connectivity index (χ4v) is 1.11. The molecule has 1 aliphatic carbocycles. The molecule has 0 heterocycles. The third-order valence-electron chi connectivity index (χ3n) is 1.75. The molecule has 1 atom stereocenters. The van der Waals surface area contributed by atoms with Crippen molar-refractivity contribution < 1.29 is 15.5 Å². The topological polar surface area (TPSA) is 0 Å². The van der Waals surface area contributed by atoms with Crippen LogP contribution in [0.4, 0.5) is 0 Å². The summed E-state index contributed by atoms with van der Waals surface area (Å²) in [6.45, 7) is 5.74. The van der Waals surface area contributed by atoms with Crippen LogP contribution < -0.4 is 0 Å². The van der Waals surface area contributed by atoms with Crippen LogP contribution in [0.25, 0.3) is 0 Å². The van der Waals surface area contributed by atoms with Gasteiger partial charge >= 0.3 is 69.7 Å². The molecular formula is C9H11Ni. The average molecular weight is 178 g/mol. The molecule has 0 aromatic carbocycles. The molecule has 1 rings (SSSR count). The van der Waals surface area contributed by atoms with Crippen molar-refractivity contribution in [1.29, 1.82) is 0 Å². The van der Waals surface area contributed by atoms with Gasteiger partial charge in [0.2, 0.25) is 0 Å². The summed E-state index contributed by atoms with van der Waals surface area (Å²) >= 11 is 4.97. The first-order chi connectivity index (χ1) is 4.67. The number of hydrogen-bond donors (Lipinski definition) is 0. The van der Waals surface area contributed by atoms with Crippen LogP contribution in [0.15, 0.2) is 36.5 Å². The monoisotopic (exact) mass is 177 g/mol. The molecule has 0 aliphatic heterocycles. The standard InChI is InChI=1S/C9H11.Ni/c1-3-8(2)9-6-4-5-7-9;/h3-6H,1,7H2,2H3;. The summed E-state index contributed by atoms with van der Waals surface area (Å²) in [6.07, 6.45) is 9.10. The van der Waals surface area contributed by atoms with Crippen molar-refractivity contribution in [2.45, 2.75) is 17.7 Å². The van der Waals surface area contributed by atoms with E-state index in [1.54, 1.807) is 0 Å². The van der Waals surface area contributed by atoms with E-state index in [9.17, 15) is 0 Å². The van der Waals surface area contributed by atoms with Gasteiger partial charge in [-0.2, -0.15) is 0 Å². The van der Waals surface area contributed by atoms with Crippen LogP contribution in [0.2, 0.25) is 4.38 Å². The Bertz CT molecular complexity index is 197. The van der Waals surface area contributed by atoms with Gasteiger partial charge in [-0.3, -0.25) is 0 Å². The van der Waals surface area contributed by atoms with Gasteiger partial charge < -0.3 is 0 Å².